The van der Waals surface area contributed by atoms with Crippen LogP contribution in [0.4, 0.5) is 5.69 Å². The molecule has 0 heterocycles. The van der Waals surface area contributed by atoms with Crippen LogP contribution < -0.4 is 10.2 Å². The molecule has 1 amide bonds. The second-order valence-electron chi connectivity index (χ2n) is 4.97. The summed E-state index contributed by atoms with van der Waals surface area (Å²) in [5.74, 6) is 0.173. The summed E-state index contributed by atoms with van der Waals surface area (Å²) in [7, 11) is 1.84. The molecule has 3 heteroatoms. The summed E-state index contributed by atoms with van der Waals surface area (Å²) >= 11 is 0. The van der Waals surface area contributed by atoms with Crippen LogP contribution in [0.25, 0.3) is 0 Å². The Balaban J connectivity index is 1.74. The molecular weight excluding hydrogens is 224 g/mol. The highest BCUT2D eigenvalue weighted by molar-refractivity contribution is 5.92. The molecule has 1 fully saturated rings. The molecule has 1 aromatic rings. The molecule has 0 aliphatic heterocycles. The van der Waals surface area contributed by atoms with Crippen molar-refractivity contribution in [1.82, 2.24) is 5.32 Å². The first-order chi connectivity index (χ1) is 8.77. The van der Waals surface area contributed by atoms with E-state index in [1.165, 1.54) is 25.7 Å². The van der Waals surface area contributed by atoms with Crippen molar-refractivity contribution >= 4 is 11.6 Å². The largest absolute Gasteiger partial charge is 0.315 e. The van der Waals surface area contributed by atoms with Gasteiger partial charge in [0.2, 0.25) is 5.91 Å². The summed E-state index contributed by atoms with van der Waals surface area (Å²) in [6.45, 7) is 0.792. The van der Waals surface area contributed by atoms with Crippen LogP contribution >= 0.6 is 0 Å². The highest BCUT2D eigenvalue weighted by Gasteiger charge is 2.15. The van der Waals surface area contributed by atoms with E-state index in [4.69, 9.17) is 0 Å². The summed E-state index contributed by atoms with van der Waals surface area (Å²) < 4.78 is 0. The monoisotopic (exact) mass is 246 g/mol. The highest BCUT2D eigenvalue weighted by Crippen LogP contribution is 2.17. The average molecular weight is 246 g/mol. The number of hydrogen-bond donors (Lipinski definition) is 1. The minimum atomic E-state index is 0.173. The van der Waals surface area contributed by atoms with Crippen molar-refractivity contribution < 1.29 is 4.79 Å². The lowest BCUT2D eigenvalue weighted by atomic mass is 10.2. The van der Waals surface area contributed by atoms with E-state index in [0.29, 0.717) is 12.5 Å². The van der Waals surface area contributed by atoms with Crippen LogP contribution in [0.3, 0.4) is 0 Å². The molecule has 1 aliphatic carbocycles. The van der Waals surface area contributed by atoms with E-state index in [-0.39, 0.29) is 5.91 Å². The zero-order chi connectivity index (χ0) is 12.8. The number of nitrogens with zero attached hydrogens (tertiary/aromatic N) is 1. The smallest absolute Gasteiger partial charge is 0.227 e. The third-order valence-corrected chi connectivity index (χ3v) is 3.64. The number of nitrogens with one attached hydrogen (secondary N) is 1. The van der Waals surface area contributed by atoms with Gasteiger partial charge in [-0.15, -0.1) is 0 Å². The number of carbonyl (C=O) groups is 1. The fraction of sp³-hybridized carbons (Fsp3) is 0.533. The Kier molecular flexibility index (Phi) is 4.76. The SMILES string of the molecule is CN(C(=O)CCNC1CCCC1)c1ccccc1. The van der Waals surface area contributed by atoms with Crippen molar-refractivity contribution in [1.29, 1.82) is 0 Å². The van der Waals surface area contributed by atoms with Gasteiger partial charge in [0.15, 0.2) is 0 Å². The average Bonchev–Trinajstić information content (AvgIpc) is 2.92. The lowest BCUT2D eigenvalue weighted by Gasteiger charge is -2.18. The summed E-state index contributed by atoms with van der Waals surface area (Å²) in [4.78, 5) is 13.7. The molecule has 0 bridgehead atoms. The van der Waals surface area contributed by atoms with E-state index < -0.39 is 0 Å². The Hall–Kier alpha value is -1.35. The standard InChI is InChI=1S/C15H22N2O/c1-17(14-9-3-2-4-10-14)15(18)11-12-16-13-7-5-6-8-13/h2-4,9-10,13,16H,5-8,11-12H2,1H3. The van der Waals surface area contributed by atoms with Crippen molar-refractivity contribution in [3.05, 3.63) is 30.3 Å². The molecule has 1 saturated carbocycles. The molecule has 1 N–H and O–H groups in total. The maximum Gasteiger partial charge on any atom is 0.227 e. The molecular formula is C15H22N2O. The van der Waals surface area contributed by atoms with Crippen molar-refractivity contribution in [2.45, 2.75) is 38.1 Å². The van der Waals surface area contributed by atoms with Crippen LogP contribution in [0.15, 0.2) is 30.3 Å². The van der Waals surface area contributed by atoms with Crippen LogP contribution in [0.5, 0.6) is 0 Å². The Bertz CT molecular complexity index is 371. The minimum Gasteiger partial charge on any atom is -0.315 e. The molecule has 0 saturated heterocycles. The van der Waals surface area contributed by atoms with Crippen LogP contribution in [-0.2, 0) is 4.79 Å². The van der Waals surface area contributed by atoms with E-state index >= 15 is 0 Å². The van der Waals surface area contributed by atoms with Gasteiger partial charge in [0, 0.05) is 31.7 Å². The van der Waals surface area contributed by atoms with Gasteiger partial charge in [-0.05, 0) is 25.0 Å². The molecule has 1 aliphatic rings. The van der Waals surface area contributed by atoms with Crippen molar-refractivity contribution in [2.75, 3.05) is 18.5 Å². The molecule has 1 aromatic carbocycles. The topological polar surface area (TPSA) is 32.3 Å². The fourth-order valence-electron chi connectivity index (χ4n) is 2.48. The van der Waals surface area contributed by atoms with Gasteiger partial charge in [-0.2, -0.15) is 0 Å². The number of anilines is 1. The number of rotatable bonds is 5. The van der Waals surface area contributed by atoms with Crippen molar-refractivity contribution in [2.24, 2.45) is 0 Å². The number of benzene rings is 1. The highest BCUT2D eigenvalue weighted by atomic mass is 16.2. The maximum absolute atomic E-state index is 12.0. The second kappa shape index (κ2) is 6.55. The zero-order valence-electron chi connectivity index (χ0n) is 11.1. The summed E-state index contributed by atoms with van der Waals surface area (Å²) in [5.41, 5.74) is 0.961. The first-order valence-corrected chi connectivity index (χ1v) is 6.82. The molecule has 3 nitrogen and oxygen atoms in total. The predicted molar refractivity (Wildman–Crippen MR) is 74.7 cm³/mol. The second-order valence-corrected chi connectivity index (χ2v) is 4.97. The van der Waals surface area contributed by atoms with Gasteiger partial charge in [-0.3, -0.25) is 4.79 Å². The molecule has 98 valence electrons. The molecule has 0 radical (unpaired) electrons. The quantitative estimate of drug-likeness (QED) is 0.866. The molecule has 0 atom stereocenters. The Morgan fingerprint density at radius 2 is 1.94 bits per heavy atom. The van der Waals surface area contributed by atoms with Crippen molar-refractivity contribution in [3.8, 4) is 0 Å². The van der Waals surface area contributed by atoms with Gasteiger partial charge in [-0.1, -0.05) is 31.0 Å². The molecule has 0 unspecified atom stereocenters. The molecule has 0 aromatic heterocycles. The van der Waals surface area contributed by atoms with Crippen molar-refractivity contribution in [3.63, 3.8) is 0 Å². The third-order valence-electron chi connectivity index (χ3n) is 3.64. The molecule has 18 heavy (non-hydrogen) atoms. The van der Waals surface area contributed by atoms with Gasteiger partial charge < -0.3 is 10.2 Å². The zero-order valence-corrected chi connectivity index (χ0v) is 11.1. The van der Waals surface area contributed by atoms with Crippen LogP contribution in [0, 0.1) is 0 Å². The summed E-state index contributed by atoms with van der Waals surface area (Å²) in [6.07, 6.45) is 5.76. The Morgan fingerprint density at radius 3 is 2.61 bits per heavy atom. The Morgan fingerprint density at radius 1 is 1.28 bits per heavy atom. The fourth-order valence-corrected chi connectivity index (χ4v) is 2.48. The lowest BCUT2D eigenvalue weighted by Crippen LogP contribution is -2.33. The maximum atomic E-state index is 12.0. The lowest BCUT2D eigenvalue weighted by molar-refractivity contribution is -0.118. The van der Waals surface area contributed by atoms with Gasteiger partial charge >= 0.3 is 0 Å². The van der Waals surface area contributed by atoms with E-state index in [0.717, 1.165) is 12.2 Å². The van der Waals surface area contributed by atoms with Gasteiger partial charge in [0.25, 0.3) is 0 Å². The first-order valence-electron chi connectivity index (χ1n) is 6.82. The third kappa shape index (κ3) is 3.57. The van der Waals surface area contributed by atoms with Crippen LogP contribution in [-0.4, -0.2) is 25.5 Å². The van der Waals surface area contributed by atoms with E-state index in [1.54, 1.807) is 4.90 Å². The molecule has 0 spiro atoms. The summed E-state index contributed by atoms with van der Waals surface area (Å²) in [6, 6.07) is 10.4. The molecule has 2 rings (SSSR count). The van der Waals surface area contributed by atoms with Crippen LogP contribution in [0.1, 0.15) is 32.1 Å². The van der Waals surface area contributed by atoms with Gasteiger partial charge in [-0.25, -0.2) is 0 Å². The number of carbonyl (C=O) groups excluding carboxylic acids is 1. The van der Waals surface area contributed by atoms with Gasteiger partial charge in [0.1, 0.15) is 0 Å². The Labute approximate surface area is 109 Å². The number of para-hydroxylation sites is 1. The van der Waals surface area contributed by atoms with E-state index in [9.17, 15) is 4.79 Å². The normalized spacial score (nSPS) is 15.8. The van der Waals surface area contributed by atoms with Crippen LogP contribution in [0.2, 0.25) is 0 Å². The number of amides is 1. The van der Waals surface area contributed by atoms with E-state index in [2.05, 4.69) is 5.32 Å². The summed E-state index contributed by atoms with van der Waals surface area (Å²) in [5, 5.41) is 3.47. The van der Waals surface area contributed by atoms with Gasteiger partial charge in [0.05, 0.1) is 0 Å². The number of hydrogen-bond acceptors (Lipinski definition) is 2. The van der Waals surface area contributed by atoms with E-state index in [1.807, 2.05) is 37.4 Å². The first kappa shape index (κ1) is 13.1. The minimum absolute atomic E-state index is 0.173. The predicted octanol–water partition coefficient (Wildman–Crippen LogP) is 2.57.